The lowest BCUT2D eigenvalue weighted by atomic mass is 9.82. The summed E-state index contributed by atoms with van der Waals surface area (Å²) in [5.41, 5.74) is 5.30. The van der Waals surface area contributed by atoms with Crippen LogP contribution in [-0.4, -0.2) is 18.5 Å². The number of esters is 1. The molecular weight excluding hydrogens is 314 g/mol. The summed E-state index contributed by atoms with van der Waals surface area (Å²) in [5.74, 6) is -0.553. The Balaban J connectivity index is 1.85. The second-order valence-electron chi connectivity index (χ2n) is 6.61. The summed E-state index contributed by atoms with van der Waals surface area (Å²) in [4.78, 5) is 27.0. The van der Waals surface area contributed by atoms with E-state index in [4.69, 9.17) is 4.74 Å². The van der Waals surface area contributed by atoms with Gasteiger partial charge in [0.25, 0.3) is 0 Å². The molecule has 4 nitrogen and oxygen atoms in total. The summed E-state index contributed by atoms with van der Waals surface area (Å²) in [6.07, 6.45) is 0.270. The molecule has 4 heteroatoms. The Bertz CT molecular complexity index is 896. The first kappa shape index (κ1) is 15.6. The SMILES string of the molecule is Cc1ccc(N2C(=O)CC(c3ccccc3C)C3=C2COC3=O)cc1. The standard InChI is InChI=1S/C21H19NO3/c1-13-7-9-15(10-8-13)22-18-12-25-21(24)20(18)17(11-19(22)23)16-6-4-3-5-14(16)2/h3-10,17H,11-12H2,1-2H3. The molecule has 1 amide bonds. The maximum atomic E-state index is 12.9. The number of hydrogen-bond acceptors (Lipinski definition) is 3. The molecule has 1 atom stereocenters. The number of anilines is 1. The van der Waals surface area contributed by atoms with E-state index in [0.717, 1.165) is 22.4 Å². The maximum Gasteiger partial charge on any atom is 0.336 e. The van der Waals surface area contributed by atoms with Crippen LogP contribution < -0.4 is 4.90 Å². The third kappa shape index (κ3) is 2.54. The van der Waals surface area contributed by atoms with Crippen molar-refractivity contribution >= 4 is 17.6 Å². The molecule has 0 bridgehead atoms. The molecule has 0 saturated heterocycles. The molecule has 0 aromatic heterocycles. The van der Waals surface area contributed by atoms with Gasteiger partial charge in [-0.3, -0.25) is 9.69 Å². The summed E-state index contributed by atoms with van der Waals surface area (Å²) in [5, 5.41) is 0. The van der Waals surface area contributed by atoms with Gasteiger partial charge in [0.05, 0.1) is 11.3 Å². The maximum absolute atomic E-state index is 12.9. The lowest BCUT2D eigenvalue weighted by Crippen LogP contribution is -2.37. The highest BCUT2D eigenvalue weighted by Crippen LogP contribution is 2.42. The lowest BCUT2D eigenvalue weighted by molar-refractivity contribution is -0.136. The van der Waals surface area contributed by atoms with Gasteiger partial charge in [-0.1, -0.05) is 42.0 Å². The van der Waals surface area contributed by atoms with Crippen LogP contribution in [0, 0.1) is 13.8 Å². The Hall–Kier alpha value is -2.88. The summed E-state index contributed by atoms with van der Waals surface area (Å²) in [7, 11) is 0. The zero-order valence-electron chi connectivity index (χ0n) is 14.3. The van der Waals surface area contributed by atoms with Crippen LogP contribution in [0.15, 0.2) is 59.8 Å². The van der Waals surface area contributed by atoms with Crippen LogP contribution in [0.3, 0.4) is 0 Å². The van der Waals surface area contributed by atoms with Gasteiger partial charge in [-0.25, -0.2) is 4.79 Å². The first-order valence-corrected chi connectivity index (χ1v) is 8.41. The summed E-state index contributed by atoms with van der Waals surface area (Å²) in [6, 6.07) is 15.7. The number of cyclic esters (lactones) is 1. The molecule has 2 aliphatic rings. The minimum absolute atomic E-state index is 0.00541. The van der Waals surface area contributed by atoms with Gasteiger partial charge in [0, 0.05) is 18.0 Å². The zero-order chi connectivity index (χ0) is 17.6. The topological polar surface area (TPSA) is 46.6 Å². The molecule has 1 unspecified atom stereocenters. The van der Waals surface area contributed by atoms with E-state index in [1.165, 1.54) is 0 Å². The van der Waals surface area contributed by atoms with E-state index in [-0.39, 0.29) is 30.8 Å². The molecule has 126 valence electrons. The number of aryl methyl sites for hydroxylation is 2. The van der Waals surface area contributed by atoms with Gasteiger partial charge in [0.15, 0.2) is 0 Å². The fraction of sp³-hybridized carbons (Fsp3) is 0.238. The largest absolute Gasteiger partial charge is 0.456 e. The van der Waals surface area contributed by atoms with Crippen LogP contribution in [0.25, 0.3) is 0 Å². The van der Waals surface area contributed by atoms with Crippen LogP contribution in [0.5, 0.6) is 0 Å². The van der Waals surface area contributed by atoms with E-state index in [0.29, 0.717) is 11.3 Å². The molecule has 0 spiro atoms. The molecule has 2 aliphatic heterocycles. The zero-order valence-corrected chi connectivity index (χ0v) is 14.3. The first-order valence-electron chi connectivity index (χ1n) is 8.41. The minimum atomic E-state index is -0.312. The van der Waals surface area contributed by atoms with E-state index in [1.807, 2.05) is 62.4 Å². The predicted octanol–water partition coefficient (Wildman–Crippen LogP) is 3.63. The predicted molar refractivity (Wildman–Crippen MR) is 95.2 cm³/mol. The van der Waals surface area contributed by atoms with Crippen LogP contribution in [0.2, 0.25) is 0 Å². The number of benzene rings is 2. The summed E-state index contributed by atoms with van der Waals surface area (Å²) >= 11 is 0. The number of ether oxygens (including phenoxy) is 1. The van der Waals surface area contributed by atoms with Gasteiger partial charge >= 0.3 is 5.97 Å². The molecule has 2 aromatic carbocycles. The van der Waals surface area contributed by atoms with Crippen molar-refractivity contribution in [2.75, 3.05) is 11.5 Å². The van der Waals surface area contributed by atoms with Crippen molar-refractivity contribution < 1.29 is 14.3 Å². The fourth-order valence-electron chi connectivity index (χ4n) is 3.69. The fourth-order valence-corrected chi connectivity index (χ4v) is 3.69. The Morgan fingerprint density at radius 1 is 1.00 bits per heavy atom. The Labute approximate surface area is 146 Å². The second kappa shape index (κ2) is 5.88. The highest BCUT2D eigenvalue weighted by molar-refractivity contribution is 6.06. The van der Waals surface area contributed by atoms with E-state index in [1.54, 1.807) is 4.90 Å². The monoisotopic (exact) mass is 333 g/mol. The number of hydrogen-bond donors (Lipinski definition) is 0. The molecule has 0 radical (unpaired) electrons. The van der Waals surface area contributed by atoms with Gasteiger partial charge in [0.2, 0.25) is 5.91 Å². The Morgan fingerprint density at radius 3 is 2.44 bits per heavy atom. The van der Waals surface area contributed by atoms with Gasteiger partial charge in [0.1, 0.15) is 6.61 Å². The van der Waals surface area contributed by atoms with Crippen LogP contribution >= 0.6 is 0 Å². The number of rotatable bonds is 2. The van der Waals surface area contributed by atoms with Crippen LogP contribution in [0.1, 0.15) is 29.0 Å². The summed E-state index contributed by atoms with van der Waals surface area (Å²) in [6.45, 7) is 4.16. The van der Waals surface area contributed by atoms with Gasteiger partial charge in [-0.15, -0.1) is 0 Å². The third-order valence-corrected chi connectivity index (χ3v) is 4.97. The van der Waals surface area contributed by atoms with Crippen molar-refractivity contribution in [1.82, 2.24) is 0 Å². The number of amides is 1. The molecule has 4 rings (SSSR count). The molecule has 0 fully saturated rings. The van der Waals surface area contributed by atoms with Crippen molar-refractivity contribution in [2.24, 2.45) is 0 Å². The van der Waals surface area contributed by atoms with Crippen molar-refractivity contribution in [3.63, 3.8) is 0 Å². The molecule has 2 aromatic rings. The second-order valence-corrected chi connectivity index (χ2v) is 6.61. The van der Waals surface area contributed by atoms with Gasteiger partial charge < -0.3 is 4.74 Å². The molecule has 0 saturated carbocycles. The number of carbonyl (C=O) groups excluding carboxylic acids is 2. The quantitative estimate of drug-likeness (QED) is 0.788. The smallest absolute Gasteiger partial charge is 0.336 e. The average molecular weight is 333 g/mol. The van der Waals surface area contributed by atoms with Gasteiger partial charge in [-0.05, 0) is 37.1 Å². The molecule has 25 heavy (non-hydrogen) atoms. The van der Waals surface area contributed by atoms with Crippen molar-refractivity contribution in [2.45, 2.75) is 26.2 Å². The minimum Gasteiger partial charge on any atom is -0.456 e. The van der Waals surface area contributed by atoms with Crippen LogP contribution in [-0.2, 0) is 14.3 Å². The normalized spacial score (nSPS) is 19.9. The molecule has 0 aliphatic carbocycles. The van der Waals surface area contributed by atoms with Crippen molar-refractivity contribution in [1.29, 1.82) is 0 Å². The lowest BCUT2D eigenvalue weighted by Gasteiger charge is -2.32. The first-order chi connectivity index (χ1) is 12.1. The van der Waals surface area contributed by atoms with E-state index in [9.17, 15) is 9.59 Å². The van der Waals surface area contributed by atoms with E-state index >= 15 is 0 Å². The van der Waals surface area contributed by atoms with Crippen molar-refractivity contribution in [3.8, 4) is 0 Å². The highest BCUT2D eigenvalue weighted by atomic mass is 16.5. The van der Waals surface area contributed by atoms with Gasteiger partial charge in [-0.2, -0.15) is 0 Å². The highest BCUT2D eigenvalue weighted by Gasteiger charge is 2.43. The number of nitrogens with zero attached hydrogens (tertiary/aromatic N) is 1. The molecule has 2 heterocycles. The average Bonchev–Trinajstić information content (AvgIpc) is 2.98. The van der Waals surface area contributed by atoms with E-state index < -0.39 is 0 Å². The third-order valence-electron chi connectivity index (χ3n) is 4.97. The summed E-state index contributed by atoms with van der Waals surface area (Å²) < 4.78 is 5.31. The van der Waals surface area contributed by atoms with Crippen molar-refractivity contribution in [3.05, 3.63) is 76.5 Å². The van der Waals surface area contributed by atoms with Crippen LogP contribution in [0.4, 0.5) is 5.69 Å². The number of carbonyl (C=O) groups is 2. The Kier molecular flexibility index (Phi) is 3.68. The van der Waals surface area contributed by atoms with E-state index in [2.05, 4.69) is 0 Å². The molecule has 0 N–H and O–H groups in total. The molecular formula is C21H19NO3. The Morgan fingerprint density at radius 2 is 1.72 bits per heavy atom.